The van der Waals surface area contributed by atoms with Crippen LogP contribution in [-0.4, -0.2) is 5.78 Å². The predicted molar refractivity (Wildman–Crippen MR) is 54.2 cm³/mol. The van der Waals surface area contributed by atoms with E-state index in [0.29, 0.717) is 10.4 Å². The van der Waals surface area contributed by atoms with Crippen molar-refractivity contribution in [1.82, 2.24) is 0 Å². The Hall–Kier alpha value is -1.48. The van der Waals surface area contributed by atoms with Crippen molar-refractivity contribution >= 4 is 17.1 Å². The molecule has 0 radical (unpaired) electrons. The van der Waals surface area contributed by atoms with Gasteiger partial charge in [-0.1, -0.05) is 6.07 Å². The van der Waals surface area contributed by atoms with E-state index in [1.165, 1.54) is 35.6 Å². The monoisotopic (exact) mass is 206 g/mol. The molecule has 0 N–H and O–H groups in total. The van der Waals surface area contributed by atoms with Gasteiger partial charge in [0.25, 0.3) is 0 Å². The molecule has 0 aliphatic rings. The first-order chi connectivity index (χ1) is 6.77. The van der Waals surface area contributed by atoms with Gasteiger partial charge in [0.15, 0.2) is 0 Å². The summed E-state index contributed by atoms with van der Waals surface area (Å²) in [5.41, 5.74) is 0.522. The van der Waals surface area contributed by atoms with Crippen LogP contribution in [0.25, 0.3) is 0 Å². The average molecular weight is 206 g/mol. The molecule has 0 aliphatic heterocycles. The quantitative estimate of drug-likeness (QED) is 0.690. The van der Waals surface area contributed by atoms with E-state index in [0.717, 1.165) is 0 Å². The summed E-state index contributed by atoms with van der Waals surface area (Å²) in [7, 11) is 0. The fourth-order valence-electron chi connectivity index (χ4n) is 1.15. The van der Waals surface area contributed by atoms with E-state index >= 15 is 0 Å². The maximum Gasteiger partial charge on any atom is 0.202 e. The maximum absolute atomic E-state index is 12.6. The van der Waals surface area contributed by atoms with Crippen LogP contribution in [0.4, 0.5) is 4.39 Å². The third-order valence-electron chi connectivity index (χ3n) is 1.85. The molecule has 0 fully saturated rings. The smallest absolute Gasteiger partial charge is 0.202 e. The summed E-state index contributed by atoms with van der Waals surface area (Å²) in [6.07, 6.45) is 0. The number of ketones is 1. The molecule has 0 spiro atoms. The van der Waals surface area contributed by atoms with Gasteiger partial charge >= 0.3 is 0 Å². The second-order valence-corrected chi connectivity index (χ2v) is 3.76. The molecule has 3 heteroatoms. The number of thiophene rings is 1. The van der Waals surface area contributed by atoms with E-state index in [9.17, 15) is 9.18 Å². The Balaban J connectivity index is 2.33. The normalized spacial score (nSPS) is 10.1. The average Bonchev–Trinajstić information content (AvgIpc) is 2.71. The fraction of sp³-hybridized carbons (Fsp3) is 0. The Bertz CT molecular complexity index is 431. The van der Waals surface area contributed by atoms with Crippen LogP contribution in [0.3, 0.4) is 0 Å². The molecule has 1 aromatic carbocycles. The molecular weight excluding hydrogens is 199 g/mol. The summed E-state index contributed by atoms with van der Waals surface area (Å²) in [4.78, 5) is 12.4. The lowest BCUT2D eigenvalue weighted by Crippen LogP contribution is -1.97. The van der Waals surface area contributed by atoms with Crippen LogP contribution in [-0.2, 0) is 0 Å². The molecule has 14 heavy (non-hydrogen) atoms. The van der Waals surface area contributed by atoms with Crippen molar-refractivity contribution in [3.63, 3.8) is 0 Å². The summed E-state index contributed by atoms with van der Waals surface area (Å²) < 4.78 is 12.6. The van der Waals surface area contributed by atoms with Gasteiger partial charge in [-0.2, -0.15) is 0 Å². The summed E-state index contributed by atoms with van der Waals surface area (Å²) >= 11 is 1.39. The molecule has 2 aromatic rings. The number of halogens is 1. The molecular formula is C11H7FOS. The van der Waals surface area contributed by atoms with E-state index in [-0.39, 0.29) is 11.6 Å². The molecule has 1 heterocycles. The molecule has 0 saturated carbocycles. The number of hydrogen-bond donors (Lipinski definition) is 0. The van der Waals surface area contributed by atoms with Gasteiger partial charge in [-0.25, -0.2) is 4.39 Å². The Kier molecular flexibility index (Phi) is 2.41. The van der Waals surface area contributed by atoms with Crippen LogP contribution >= 0.6 is 11.3 Å². The number of carbonyl (C=O) groups excluding carboxylic acids is 1. The van der Waals surface area contributed by atoms with Crippen molar-refractivity contribution < 1.29 is 9.18 Å². The van der Waals surface area contributed by atoms with Gasteiger partial charge in [0, 0.05) is 5.56 Å². The second kappa shape index (κ2) is 3.72. The summed E-state index contributed by atoms with van der Waals surface area (Å²) in [5.74, 6) is -0.382. The zero-order chi connectivity index (χ0) is 9.97. The molecule has 0 amide bonds. The first kappa shape index (κ1) is 9.09. The Morgan fingerprint density at radius 3 is 2.43 bits per heavy atom. The summed E-state index contributed by atoms with van der Waals surface area (Å²) in [6.45, 7) is 0. The van der Waals surface area contributed by atoms with Crippen molar-refractivity contribution in [3.8, 4) is 0 Å². The van der Waals surface area contributed by atoms with E-state index in [2.05, 4.69) is 0 Å². The molecule has 2 rings (SSSR count). The molecule has 0 bridgehead atoms. The van der Waals surface area contributed by atoms with Crippen LogP contribution in [0, 0.1) is 5.82 Å². The van der Waals surface area contributed by atoms with Gasteiger partial charge < -0.3 is 0 Å². The first-order valence-electron chi connectivity index (χ1n) is 4.11. The minimum Gasteiger partial charge on any atom is -0.288 e. The molecule has 0 aliphatic carbocycles. The van der Waals surface area contributed by atoms with Gasteiger partial charge in [-0.3, -0.25) is 4.79 Å². The highest BCUT2D eigenvalue weighted by Gasteiger charge is 2.08. The Morgan fingerprint density at radius 2 is 1.86 bits per heavy atom. The standard InChI is InChI=1S/C11H7FOS/c12-9-5-3-8(4-6-9)11(13)10-2-1-7-14-10/h1-7H. The number of benzene rings is 1. The van der Waals surface area contributed by atoms with Gasteiger partial charge in [-0.15, -0.1) is 11.3 Å². The third-order valence-corrected chi connectivity index (χ3v) is 2.72. The van der Waals surface area contributed by atoms with Gasteiger partial charge in [0.1, 0.15) is 5.82 Å². The van der Waals surface area contributed by atoms with Crippen LogP contribution in [0.5, 0.6) is 0 Å². The molecule has 0 saturated heterocycles. The van der Waals surface area contributed by atoms with Crippen LogP contribution < -0.4 is 0 Å². The van der Waals surface area contributed by atoms with Crippen LogP contribution in [0.2, 0.25) is 0 Å². The number of hydrogen-bond acceptors (Lipinski definition) is 2. The lowest BCUT2D eigenvalue weighted by atomic mass is 10.1. The second-order valence-electron chi connectivity index (χ2n) is 2.81. The van der Waals surface area contributed by atoms with E-state index in [1.807, 2.05) is 11.4 Å². The summed E-state index contributed by atoms with van der Waals surface area (Å²) in [5, 5.41) is 1.84. The maximum atomic E-state index is 12.6. The van der Waals surface area contributed by atoms with E-state index < -0.39 is 0 Å². The molecule has 0 unspecified atom stereocenters. The van der Waals surface area contributed by atoms with Crippen molar-refractivity contribution in [2.24, 2.45) is 0 Å². The number of carbonyl (C=O) groups is 1. The highest BCUT2D eigenvalue weighted by Crippen LogP contribution is 2.15. The zero-order valence-corrected chi connectivity index (χ0v) is 8.05. The van der Waals surface area contributed by atoms with Crippen molar-refractivity contribution in [3.05, 3.63) is 58.0 Å². The third kappa shape index (κ3) is 1.72. The molecule has 1 aromatic heterocycles. The predicted octanol–water partition coefficient (Wildman–Crippen LogP) is 3.12. The van der Waals surface area contributed by atoms with E-state index in [1.54, 1.807) is 6.07 Å². The highest BCUT2D eigenvalue weighted by atomic mass is 32.1. The van der Waals surface area contributed by atoms with Crippen LogP contribution in [0.15, 0.2) is 41.8 Å². The minimum absolute atomic E-state index is 0.0556. The lowest BCUT2D eigenvalue weighted by Gasteiger charge is -1.96. The highest BCUT2D eigenvalue weighted by molar-refractivity contribution is 7.12. The molecule has 70 valence electrons. The molecule has 1 nitrogen and oxygen atoms in total. The van der Waals surface area contributed by atoms with Crippen molar-refractivity contribution in [1.29, 1.82) is 0 Å². The SMILES string of the molecule is O=C(c1ccc(F)cc1)c1cccs1. The Morgan fingerprint density at radius 1 is 1.14 bits per heavy atom. The van der Waals surface area contributed by atoms with Crippen molar-refractivity contribution in [2.45, 2.75) is 0 Å². The zero-order valence-electron chi connectivity index (χ0n) is 7.24. The van der Waals surface area contributed by atoms with E-state index in [4.69, 9.17) is 0 Å². The largest absolute Gasteiger partial charge is 0.288 e. The lowest BCUT2D eigenvalue weighted by molar-refractivity contribution is 0.104. The molecule has 0 atom stereocenters. The van der Waals surface area contributed by atoms with Crippen LogP contribution in [0.1, 0.15) is 15.2 Å². The first-order valence-corrected chi connectivity index (χ1v) is 4.99. The summed E-state index contributed by atoms with van der Waals surface area (Å²) in [6, 6.07) is 9.16. The Labute approximate surface area is 84.8 Å². The minimum atomic E-state index is -0.326. The van der Waals surface area contributed by atoms with Gasteiger partial charge in [0.2, 0.25) is 5.78 Å². The topological polar surface area (TPSA) is 17.1 Å². The number of rotatable bonds is 2. The van der Waals surface area contributed by atoms with Gasteiger partial charge in [0.05, 0.1) is 4.88 Å². The van der Waals surface area contributed by atoms with Crippen molar-refractivity contribution in [2.75, 3.05) is 0 Å². The van der Waals surface area contributed by atoms with Gasteiger partial charge in [-0.05, 0) is 35.7 Å². The fourth-order valence-corrected chi connectivity index (χ4v) is 1.84.